The van der Waals surface area contributed by atoms with Crippen molar-refractivity contribution in [2.75, 3.05) is 6.54 Å². The van der Waals surface area contributed by atoms with Crippen molar-refractivity contribution in [3.8, 4) is 0 Å². The van der Waals surface area contributed by atoms with E-state index in [1.807, 2.05) is 11.3 Å². The first-order valence-electron chi connectivity index (χ1n) is 6.49. The number of piperidine rings is 1. The van der Waals surface area contributed by atoms with E-state index in [0.29, 0.717) is 6.04 Å². The van der Waals surface area contributed by atoms with Crippen LogP contribution in [-0.2, 0) is 0 Å². The second kappa shape index (κ2) is 4.43. The largest absolute Gasteiger partial charge is 0.310 e. The van der Waals surface area contributed by atoms with E-state index in [4.69, 9.17) is 0 Å². The van der Waals surface area contributed by atoms with Gasteiger partial charge in [0.1, 0.15) is 0 Å². The normalized spacial score (nSPS) is 20.9. The lowest BCUT2D eigenvalue weighted by Gasteiger charge is -2.23. The van der Waals surface area contributed by atoms with Gasteiger partial charge in [-0.3, -0.25) is 0 Å². The first kappa shape index (κ1) is 11.2. The maximum atomic E-state index is 3.63. The highest BCUT2D eigenvalue weighted by atomic mass is 32.1. The van der Waals surface area contributed by atoms with Gasteiger partial charge >= 0.3 is 0 Å². The summed E-state index contributed by atoms with van der Waals surface area (Å²) in [5, 5.41) is 5.06. The zero-order valence-electron chi connectivity index (χ0n) is 10.5. The van der Waals surface area contributed by atoms with Crippen LogP contribution in [-0.4, -0.2) is 6.54 Å². The third-order valence-corrected chi connectivity index (χ3v) is 5.08. The summed E-state index contributed by atoms with van der Waals surface area (Å²) in [7, 11) is 0. The maximum Gasteiger partial charge on any atom is 0.0351 e. The summed E-state index contributed by atoms with van der Waals surface area (Å²) >= 11 is 1.93. The first-order chi connectivity index (χ1) is 8.25. The summed E-state index contributed by atoms with van der Waals surface area (Å²) in [4.78, 5) is 1.45. The van der Waals surface area contributed by atoms with E-state index in [-0.39, 0.29) is 0 Å². The monoisotopic (exact) mass is 245 g/mol. The summed E-state index contributed by atoms with van der Waals surface area (Å²) < 4.78 is 1.45. The van der Waals surface area contributed by atoms with Crippen molar-refractivity contribution < 1.29 is 0 Å². The molecule has 2 heteroatoms. The number of aryl methyl sites for hydroxylation is 2. The third-order valence-electron chi connectivity index (χ3n) is 3.91. The molecule has 1 nitrogen and oxygen atoms in total. The molecular formula is C15H19NS. The molecule has 1 aliphatic heterocycles. The van der Waals surface area contributed by atoms with E-state index >= 15 is 0 Å². The molecule has 1 aromatic carbocycles. The predicted molar refractivity (Wildman–Crippen MR) is 75.9 cm³/mol. The van der Waals surface area contributed by atoms with Gasteiger partial charge in [0, 0.05) is 15.6 Å². The van der Waals surface area contributed by atoms with E-state index < -0.39 is 0 Å². The fourth-order valence-electron chi connectivity index (χ4n) is 2.72. The molecule has 0 amide bonds. The molecule has 1 fully saturated rings. The number of hydrogen-bond acceptors (Lipinski definition) is 2. The highest BCUT2D eigenvalue weighted by Gasteiger charge is 2.15. The van der Waals surface area contributed by atoms with Crippen molar-refractivity contribution in [2.24, 2.45) is 0 Å². The fourth-order valence-corrected chi connectivity index (χ4v) is 3.84. The van der Waals surface area contributed by atoms with E-state index in [1.54, 1.807) is 0 Å². The van der Waals surface area contributed by atoms with E-state index in [1.165, 1.54) is 51.9 Å². The predicted octanol–water partition coefficient (Wildman–Crippen LogP) is 4.33. The van der Waals surface area contributed by atoms with E-state index in [2.05, 4.69) is 37.4 Å². The molecule has 90 valence electrons. The topological polar surface area (TPSA) is 12.0 Å². The Morgan fingerprint density at radius 1 is 1.24 bits per heavy atom. The molecule has 1 aliphatic rings. The second-order valence-electron chi connectivity index (χ2n) is 5.04. The fraction of sp³-hybridized carbons (Fsp3) is 0.467. The van der Waals surface area contributed by atoms with Crippen molar-refractivity contribution in [1.29, 1.82) is 0 Å². The SMILES string of the molecule is Cc1sc2cc(C3CCCCN3)ccc2c1C. The van der Waals surface area contributed by atoms with Crippen LogP contribution < -0.4 is 5.32 Å². The lowest BCUT2D eigenvalue weighted by atomic mass is 9.97. The molecule has 17 heavy (non-hydrogen) atoms. The Balaban J connectivity index is 2.01. The lowest BCUT2D eigenvalue weighted by Crippen LogP contribution is -2.26. The molecule has 2 heterocycles. The minimum atomic E-state index is 0.580. The number of benzene rings is 1. The Labute approximate surface area is 107 Å². The zero-order chi connectivity index (χ0) is 11.8. The number of nitrogens with one attached hydrogen (secondary N) is 1. The minimum absolute atomic E-state index is 0.580. The number of thiophene rings is 1. The summed E-state index contributed by atoms with van der Waals surface area (Å²) in [6.45, 7) is 5.62. The van der Waals surface area contributed by atoms with Gasteiger partial charge in [0.05, 0.1) is 0 Å². The Hall–Kier alpha value is -0.860. The highest BCUT2D eigenvalue weighted by molar-refractivity contribution is 7.19. The number of hydrogen-bond donors (Lipinski definition) is 1. The van der Waals surface area contributed by atoms with E-state index in [9.17, 15) is 0 Å². The lowest BCUT2D eigenvalue weighted by molar-refractivity contribution is 0.412. The highest BCUT2D eigenvalue weighted by Crippen LogP contribution is 2.33. The van der Waals surface area contributed by atoms with Crippen molar-refractivity contribution in [2.45, 2.75) is 39.2 Å². The van der Waals surface area contributed by atoms with Crippen LogP contribution >= 0.6 is 11.3 Å². The van der Waals surface area contributed by atoms with Gasteiger partial charge in [0.2, 0.25) is 0 Å². The van der Waals surface area contributed by atoms with Crippen molar-refractivity contribution in [1.82, 2.24) is 5.32 Å². The molecule has 3 rings (SSSR count). The van der Waals surface area contributed by atoms with Gasteiger partial charge in [-0.2, -0.15) is 0 Å². The molecule has 1 saturated heterocycles. The molecule has 1 N–H and O–H groups in total. The van der Waals surface area contributed by atoms with Crippen LogP contribution in [0.3, 0.4) is 0 Å². The Morgan fingerprint density at radius 2 is 2.12 bits per heavy atom. The van der Waals surface area contributed by atoms with Gasteiger partial charge in [-0.1, -0.05) is 18.6 Å². The van der Waals surface area contributed by atoms with E-state index in [0.717, 1.165) is 0 Å². The van der Waals surface area contributed by atoms with Crippen LogP contribution in [0.4, 0.5) is 0 Å². The summed E-state index contributed by atoms with van der Waals surface area (Å²) in [5.74, 6) is 0. The zero-order valence-corrected chi connectivity index (χ0v) is 11.4. The van der Waals surface area contributed by atoms with Crippen LogP contribution in [0.25, 0.3) is 10.1 Å². The molecule has 1 aromatic heterocycles. The molecule has 0 saturated carbocycles. The third kappa shape index (κ3) is 2.00. The van der Waals surface area contributed by atoms with Gasteiger partial charge in [-0.25, -0.2) is 0 Å². The van der Waals surface area contributed by atoms with Crippen LogP contribution in [0, 0.1) is 13.8 Å². The quantitative estimate of drug-likeness (QED) is 0.788. The smallest absolute Gasteiger partial charge is 0.0351 e. The van der Waals surface area contributed by atoms with Crippen LogP contribution in [0.15, 0.2) is 18.2 Å². The molecule has 1 atom stereocenters. The molecule has 0 spiro atoms. The van der Waals surface area contributed by atoms with Crippen LogP contribution in [0.5, 0.6) is 0 Å². The van der Waals surface area contributed by atoms with Crippen molar-refractivity contribution in [3.05, 3.63) is 34.2 Å². The Kier molecular flexibility index (Phi) is 2.93. The first-order valence-corrected chi connectivity index (χ1v) is 7.30. The maximum absolute atomic E-state index is 3.63. The Bertz CT molecular complexity index is 535. The van der Waals surface area contributed by atoms with Crippen LogP contribution in [0.2, 0.25) is 0 Å². The molecule has 0 radical (unpaired) electrons. The Morgan fingerprint density at radius 3 is 2.88 bits per heavy atom. The summed E-state index contributed by atoms with van der Waals surface area (Å²) in [5.41, 5.74) is 2.92. The average molecular weight is 245 g/mol. The van der Waals surface area contributed by atoms with Crippen LogP contribution in [0.1, 0.15) is 41.3 Å². The standard InChI is InChI=1S/C15H19NS/c1-10-11(2)17-15-9-12(6-7-13(10)15)14-5-3-4-8-16-14/h6-7,9,14,16H,3-5,8H2,1-2H3. The number of fused-ring (bicyclic) bond motifs is 1. The van der Waals surface area contributed by atoms with Gasteiger partial charge in [0.25, 0.3) is 0 Å². The molecule has 0 aliphatic carbocycles. The minimum Gasteiger partial charge on any atom is -0.310 e. The average Bonchev–Trinajstić information content (AvgIpc) is 2.66. The van der Waals surface area contributed by atoms with Gasteiger partial charge in [-0.15, -0.1) is 11.3 Å². The summed E-state index contributed by atoms with van der Waals surface area (Å²) in [6.07, 6.45) is 3.98. The van der Waals surface area contributed by atoms with Gasteiger partial charge < -0.3 is 5.32 Å². The second-order valence-corrected chi connectivity index (χ2v) is 6.30. The molecular weight excluding hydrogens is 226 g/mol. The number of rotatable bonds is 1. The molecule has 0 bridgehead atoms. The molecule has 2 aromatic rings. The van der Waals surface area contributed by atoms with Crippen molar-refractivity contribution >= 4 is 21.4 Å². The summed E-state index contributed by atoms with van der Waals surface area (Å²) in [6, 6.07) is 7.59. The van der Waals surface area contributed by atoms with Crippen molar-refractivity contribution in [3.63, 3.8) is 0 Å². The van der Waals surface area contributed by atoms with Gasteiger partial charge in [0.15, 0.2) is 0 Å². The van der Waals surface area contributed by atoms with Gasteiger partial charge in [-0.05, 0) is 55.8 Å². The molecule has 1 unspecified atom stereocenters.